The van der Waals surface area contributed by atoms with Gasteiger partial charge in [0.15, 0.2) is 11.4 Å². The minimum atomic E-state index is -1.17. The van der Waals surface area contributed by atoms with E-state index in [0.717, 1.165) is 6.42 Å². The summed E-state index contributed by atoms with van der Waals surface area (Å²) in [5.74, 6) is -1.52. The zero-order valence-corrected chi connectivity index (χ0v) is 10.2. The number of H-pyrrole nitrogens is 1. The predicted octanol–water partition coefficient (Wildman–Crippen LogP) is 1.37. The van der Waals surface area contributed by atoms with E-state index in [9.17, 15) is 9.59 Å². The minimum absolute atomic E-state index is 0.0281. The van der Waals surface area contributed by atoms with Gasteiger partial charge in [-0.05, 0) is 20.3 Å². The third kappa shape index (κ3) is 2.64. The van der Waals surface area contributed by atoms with Gasteiger partial charge in [-0.2, -0.15) is 0 Å². The molecule has 0 aliphatic carbocycles. The van der Waals surface area contributed by atoms with Crippen LogP contribution in [0, 0.1) is 0 Å². The molecule has 2 N–H and O–H groups in total. The molecule has 1 aromatic rings. The highest BCUT2D eigenvalue weighted by Gasteiger charge is 2.25. The SMILES string of the molecule is CCC(C)N(CC)C(=O)c1nc[nH]c1C(=O)O. The van der Waals surface area contributed by atoms with E-state index in [0.29, 0.717) is 6.54 Å². The molecule has 1 aromatic heterocycles. The Morgan fingerprint density at radius 2 is 2.18 bits per heavy atom. The number of aromatic nitrogens is 2. The fraction of sp³-hybridized carbons (Fsp3) is 0.545. The highest BCUT2D eigenvalue weighted by atomic mass is 16.4. The van der Waals surface area contributed by atoms with Crippen molar-refractivity contribution in [2.24, 2.45) is 0 Å². The molecule has 1 unspecified atom stereocenters. The smallest absolute Gasteiger partial charge is 0.354 e. The molecule has 17 heavy (non-hydrogen) atoms. The fourth-order valence-electron chi connectivity index (χ4n) is 1.63. The Kier molecular flexibility index (Phi) is 4.25. The van der Waals surface area contributed by atoms with Gasteiger partial charge < -0.3 is 15.0 Å². The lowest BCUT2D eigenvalue weighted by atomic mass is 10.2. The quantitative estimate of drug-likeness (QED) is 0.812. The first kappa shape index (κ1) is 13.2. The number of hydrogen-bond acceptors (Lipinski definition) is 3. The standard InChI is InChI=1S/C11H17N3O3/c1-4-7(3)14(5-2)10(15)8-9(11(16)17)13-6-12-8/h6-7H,4-5H2,1-3H3,(H,12,13)(H,16,17). The molecule has 0 aromatic carbocycles. The average molecular weight is 239 g/mol. The lowest BCUT2D eigenvalue weighted by Gasteiger charge is -2.26. The summed E-state index contributed by atoms with van der Waals surface area (Å²) in [5, 5.41) is 8.91. The molecule has 6 nitrogen and oxygen atoms in total. The normalized spacial score (nSPS) is 12.2. The van der Waals surface area contributed by atoms with Crippen molar-refractivity contribution in [3.63, 3.8) is 0 Å². The van der Waals surface area contributed by atoms with E-state index in [2.05, 4.69) is 9.97 Å². The summed E-state index contributed by atoms with van der Waals surface area (Å²) in [5.41, 5.74) is -0.184. The molecule has 0 saturated carbocycles. The molecule has 0 aliphatic rings. The zero-order valence-electron chi connectivity index (χ0n) is 10.2. The van der Waals surface area contributed by atoms with Crippen LogP contribution in [0.2, 0.25) is 0 Å². The Balaban J connectivity index is 3.02. The van der Waals surface area contributed by atoms with Crippen LogP contribution in [-0.2, 0) is 0 Å². The molecule has 0 fully saturated rings. The maximum Gasteiger partial charge on any atom is 0.354 e. The first-order valence-electron chi connectivity index (χ1n) is 5.60. The number of carbonyl (C=O) groups is 2. The molecule has 1 rings (SSSR count). The molecule has 6 heteroatoms. The van der Waals surface area contributed by atoms with Gasteiger partial charge in [0.2, 0.25) is 0 Å². The molecule has 0 spiro atoms. The molecular formula is C11H17N3O3. The third-order valence-corrected chi connectivity index (χ3v) is 2.78. The Labute approximate surface area is 99.7 Å². The summed E-state index contributed by atoms with van der Waals surface area (Å²) < 4.78 is 0. The van der Waals surface area contributed by atoms with E-state index < -0.39 is 5.97 Å². The number of carboxylic acids is 1. The van der Waals surface area contributed by atoms with Crippen LogP contribution in [0.3, 0.4) is 0 Å². The van der Waals surface area contributed by atoms with E-state index in [1.807, 2.05) is 20.8 Å². The van der Waals surface area contributed by atoms with E-state index >= 15 is 0 Å². The summed E-state index contributed by atoms with van der Waals surface area (Å²) in [6, 6.07) is 0.0610. The Bertz CT molecular complexity index is 414. The number of carbonyl (C=O) groups excluding carboxylic acids is 1. The topological polar surface area (TPSA) is 86.3 Å². The van der Waals surface area contributed by atoms with Gasteiger partial charge in [-0.15, -0.1) is 0 Å². The highest BCUT2D eigenvalue weighted by molar-refractivity contribution is 6.02. The van der Waals surface area contributed by atoms with E-state index in [-0.39, 0.29) is 23.3 Å². The summed E-state index contributed by atoms with van der Waals surface area (Å²) in [6.07, 6.45) is 2.04. The molecule has 0 bridgehead atoms. The number of aromatic carboxylic acids is 1. The number of nitrogens with one attached hydrogen (secondary N) is 1. The Morgan fingerprint density at radius 1 is 1.53 bits per heavy atom. The Hall–Kier alpha value is -1.85. The van der Waals surface area contributed by atoms with E-state index in [1.54, 1.807) is 4.90 Å². The zero-order chi connectivity index (χ0) is 13.0. The van der Waals surface area contributed by atoms with Crippen molar-refractivity contribution in [3.05, 3.63) is 17.7 Å². The summed E-state index contributed by atoms with van der Waals surface area (Å²) in [7, 11) is 0. The molecule has 0 aliphatic heterocycles. The summed E-state index contributed by atoms with van der Waals surface area (Å²) in [4.78, 5) is 30.9. The van der Waals surface area contributed by atoms with Crippen molar-refractivity contribution in [2.75, 3.05) is 6.54 Å². The van der Waals surface area contributed by atoms with Gasteiger partial charge in [-0.1, -0.05) is 6.92 Å². The van der Waals surface area contributed by atoms with Crippen LogP contribution in [0.25, 0.3) is 0 Å². The van der Waals surface area contributed by atoms with E-state index in [4.69, 9.17) is 5.11 Å². The van der Waals surface area contributed by atoms with Crippen LogP contribution in [0.5, 0.6) is 0 Å². The third-order valence-electron chi connectivity index (χ3n) is 2.78. The number of imidazole rings is 1. The van der Waals surface area contributed by atoms with Gasteiger partial charge in [0.25, 0.3) is 5.91 Å². The molecule has 1 heterocycles. The van der Waals surface area contributed by atoms with Crippen LogP contribution in [0.4, 0.5) is 0 Å². The highest BCUT2D eigenvalue weighted by Crippen LogP contribution is 2.11. The van der Waals surface area contributed by atoms with E-state index in [1.165, 1.54) is 6.33 Å². The molecule has 1 atom stereocenters. The lowest BCUT2D eigenvalue weighted by molar-refractivity contribution is 0.0648. The first-order valence-corrected chi connectivity index (χ1v) is 5.60. The van der Waals surface area contributed by atoms with Crippen molar-refractivity contribution in [1.29, 1.82) is 0 Å². The fourth-order valence-corrected chi connectivity index (χ4v) is 1.63. The van der Waals surface area contributed by atoms with Crippen LogP contribution < -0.4 is 0 Å². The number of carboxylic acid groups (broad SMARTS) is 1. The molecule has 1 amide bonds. The second-order valence-electron chi connectivity index (χ2n) is 3.78. The maximum absolute atomic E-state index is 12.1. The number of aromatic amines is 1. The van der Waals surface area contributed by atoms with Gasteiger partial charge in [-0.3, -0.25) is 4.79 Å². The van der Waals surface area contributed by atoms with Crippen molar-refractivity contribution in [3.8, 4) is 0 Å². The summed E-state index contributed by atoms with van der Waals surface area (Å²) >= 11 is 0. The molecule has 94 valence electrons. The average Bonchev–Trinajstić information content (AvgIpc) is 2.78. The van der Waals surface area contributed by atoms with Crippen molar-refractivity contribution in [1.82, 2.24) is 14.9 Å². The second kappa shape index (κ2) is 5.47. The van der Waals surface area contributed by atoms with Gasteiger partial charge in [-0.25, -0.2) is 9.78 Å². The van der Waals surface area contributed by atoms with Gasteiger partial charge in [0, 0.05) is 12.6 Å². The van der Waals surface area contributed by atoms with Crippen molar-refractivity contribution in [2.45, 2.75) is 33.2 Å². The number of nitrogens with zero attached hydrogens (tertiary/aromatic N) is 2. The number of rotatable bonds is 5. The van der Waals surface area contributed by atoms with Crippen LogP contribution in [-0.4, -0.2) is 44.4 Å². The van der Waals surface area contributed by atoms with Crippen molar-refractivity contribution < 1.29 is 14.7 Å². The monoisotopic (exact) mass is 239 g/mol. The van der Waals surface area contributed by atoms with Gasteiger partial charge >= 0.3 is 5.97 Å². The van der Waals surface area contributed by atoms with Crippen LogP contribution in [0.1, 0.15) is 48.2 Å². The lowest BCUT2D eigenvalue weighted by Crippen LogP contribution is -2.39. The molecular weight excluding hydrogens is 222 g/mol. The van der Waals surface area contributed by atoms with Gasteiger partial charge in [0.1, 0.15) is 0 Å². The summed E-state index contributed by atoms with van der Waals surface area (Å²) in [6.45, 7) is 6.29. The largest absolute Gasteiger partial charge is 0.477 e. The number of amides is 1. The van der Waals surface area contributed by atoms with Crippen LogP contribution in [0.15, 0.2) is 6.33 Å². The Morgan fingerprint density at radius 3 is 2.65 bits per heavy atom. The second-order valence-corrected chi connectivity index (χ2v) is 3.78. The number of hydrogen-bond donors (Lipinski definition) is 2. The first-order chi connectivity index (χ1) is 8.02. The molecule has 0 radical (unpaired) electrons. The van der Waals surface area contributed by atoms with Crippen LogP contribution >= 0.6 is 0 Å². The van der Waals surface area contributed by atoms with Crippen molar-refractivity contribution >= 4 is 11.9 Å². The minimum Gasteiger partial charge on any atom is -0.477 e. The van der Waals surface area contributed by atoms with Gasteiger partial charge in [0.05, 0.1) is 6.33 Å². The molecule has 0 saturated heterocycles. The predicted molar refractivity (Wildman–Crippen MR) is 62.0 cm³/mol. The maximum atomic E-state index is 12.1.